The van der Waals surface area contributed by atoms with Crippen LogP contribution in [0.15, 0.2) is 152 Å². The molecule has 3 unspecified atom stereocenters. The Balaban J connectivity index is 1.05. The summed E-state index contributed by atoms with van der Waals surface area (Å²) in [7, 11) is 0. The summed E-state index contributed by atoms with van der Waals surface area (Å²) in [4.78, 5) is 0. The van der Waals surface area contributed by atoms with Crippen LogP contribution in [0.2, 0.25) is 0 Å². The highest BCUT2D eigenvalue weighted by molar-refractivity contribution is 7.27. The first-order chi connectivity index (χ1) is 25.3. The van der Waals surface area contributed by atoms with Crippen LogP contribution in [0.25, 0.3) is 71.6 Å². The van der Waals surface area contributed by atoms with Gasteiger partial charge in [0.25, 0.3) is 0 Å². The Morgan fingerprint density at radius 3 is 1.63 bits per heavy atom. The van der Waals surface area contributed by atoms with Gasteiger partial charge in [-0.15, -0.1) is 34.0 Å². The predicted molar refractivity (Wildman–Crippen MR) is 221 cm³/mol. The highest BCUT2D eigenvalue weighted by Gasteiger charge is 2.31. The molecule has 3 N–H and O–H groups in total. The van der Waals surface area contributed by atoms with Crippen LogP contribution in [0, 0.1) is 0 Å². The van der Waals surface area contributed by atoms with E-state index in [9.17, 15) is 0 Å². The van der Waals surface area contributed by atoms with Gasteiger partial charge in [-0.25, -0.2) is 0 Å². The summed E-state index contributed by atoms with van der Waals surface area (Å²) in [6.45, 7) is 0. The first-order valence-electron chi connectivity index (χ1n) is 17.4. The maximum atomic E-state index is 4.00. The van der Waals surface area contributed by atoms with Crippen LogP contribution >= 0.6 is 34.0 Å². The summed E-state index contributed by atoms with van der Waals surface area (Å²) in [5.41, 5.74) is 6.35. The number of rotatable bonds is 4. The van der Waals surface area contributed by atoms with Crippen molar-refractivity contribution in [2.45, 2.75) is 18.5 Å². The van der Waals surface area contributed by atoms with Gasteiger partial charge in [0.15, 0.2) is 0 Å². The number of benzene rings is 7. The second-order valence-electron chi connectivity index (χ2n) is 13.4. The molecule has 7 aromatic carbocycles. The zero-order valence-corrected chi connectivity index (χ0v) is 29.8. The van der Waals surface area contributed by atoms with E-state index in [0.29, 0.717) is 0 Å². The second kappa shape index (κ2) is 11.8. The number of nitrogens with one attached hydrogen (secondary N) is 3. The molecular formula is C45H31N3S3. The van der Waals surface area contributed by atoms with Crippen molar-refractivity contribution in [3.63, 3.8) is 0 Å². The zero-order valence-electron chi connectivity index (χ0n) is 27.4. The van der Waals surface area contributed by atoms with Crippen LogP contribution < -0.4 is 16.0 Å². The molecule has 4 heterocycles. The highest BCUT2D eigenvalue weighted by Crippen LogP contribution is 2.47. The summed E-state index contributed by atoms with van der Waals surface area (Å²) in [6.07, 6.45) is -0.180. The number of thiophene rings is 3. The lowest BCUT2D eigenvalue weighted by atomic mass is 9.99. The lowest BCUT2D eigenvalue weighted by Crippen LogP contribution is -2.54. The molecule has 1 saturated heterocycles. The van der Waals surface area contributed by atoms with Crippen LogP contribution in [-0.4, -0.2) is 0 Å². The number of fused-ring (bicyclic) bond motifs is 9. The van der Waals surface area contributed by atoms with Crippen molar-refractivity contribution in [1.29, 1.82) is 0 Å². The monoisotopic (exact) mass is 709 g/mol. The van der Waals surface area contributed by atoms with Crippen molar-refractivity contribution in [2.24, 2.45) is 0 Å². The van der Waals surface area contributed by atoms with Crippen LogP contribution in [0.3, 0.4) is 0 Å². The van der Waals surface area contributed by atoms with Crippen molar-refractivity contribution in [3.05, 3.63) is 168 Å². The van der Waals surface area contributed by atoms with E-state index >= 15 is 0 Å². The van der Waals surface area contributed by atoms with Crippen LogP contribution in [-0.2, 0) is 0 Å². The van der Waals surface area contributed by atoms with E-state index in [2.05, 4.69) is 168 Å². The van der Waals surface area contributed by atoms with E-state index in [4.69, 9.17) is 0 Å². The fraction of sp³-hybridized carbons (Fsp3) is 0.0667. The lowest BCUT2D eigenvalue weighted by Gasteiger charge is -2.39. The van der Waals surface area contributed by atoms with Gasteiger partial charge in [-0.3, -0.25) is 16.0 Å². The van der Waals surface area contributed by atoms with Gasteiger partial charge < -0.3 is 0 Å². The van der Waals surface area contributed by atoms with Gasteiger partial charge in [-0.1, -0.05) is 127 Å². The predicted octanol–water partition coefficient (Wildman–Crippen LogP) is 12.6. The maximum Gasteiger partial charge on any atom is 0.0878 e. The van der Waals surface area contributed by atoms with Gasteiger partial charge >= 0.3 is 0 Å². The molecule has 3 aromatic heterocycles. The molecule has 6 heteroatoms. The molecule has 3 nitrogen and oxygen atoms in total. The molecule has 0 amide bonds. The number of hydrogen-bond donors (Lipinski definition) is 3. The minimum atomic E-state index is -0.0809. The lowest BCUT2D eigenvalue weighted by molar-refractivity contribution is 0.204. The molecule has 0 spiro atoms. The fourth-order valence-corrected chi connectivity index (χ4v) is 11.7. The molecule has 0 radical (unpaired) electrons. The molecule has 3 atom stereocenters. The Kier molecular flexibility index (Phi) is 6.90. The molecule has 244 valence electrons. The fourth-order valence-electron chi connectivity index (χ4n) is 8.02. The van der Waals surface area contributed by atoms with Crippen molar-refractivity contribution < 1.29 is 0 Å². The van der Waals surface area contributed by atoms with Gasteiger partial charge in [0.2, 0.25) is 0 Å². The average molecular weight is 710 g/mol. The number of hydrogen-bond acceptors (Lipinski definition) is 6. The van der Waals surface area contributed by atoms with Crippen molar-refractivity contribution >= 4 is 94.5 Å². The smallest absolute Gasteiger partial charge is 0.0878 e. The molecule has 0 saturated carbocycles. The molecule has 51 heavy (non-hydrogen) atoms. The summed E-state index contributed by atoms with van der Waals surface area (Å²) >= 11 is 5.69. The SMILES string of the molecule is c1ccc(C2NC(c3ccc4sc5ccccc5c4c3)NC(c3cccc4c3sc3c(-c5cccc6c5sc5ccccc56)cccc34)N2)cc1. The Labute approximate surface area is 306 Å². The average Bonchev–Trinajstić information content (AvgIpc) is 3.89. The van der Waals surface area contributed by atoms with Gasteiger partial charge in [-0.05, 0) is 35.4 Å². The maximum absolute atomic E-state index is 4.00. The molecule has 1 fully saturated rings. The Morgan fingerprint density at radius 2 is 0.863 bits per heavy atom. The third kappa shape index (κ3) is 4.80. The van der Waals surface area contributed by atoms with Crippen molar-refractivity contribution in [1.82, 2.24) is 16.0 Å². The first kappa shape index (κ1) is 29.8. The van der Waals surface area contributed by atoms with Gasteiger partial charge in [0, 0.05) is 77.2 Å². The molecule has 0 aliphatic carbocycles. The molecule has 1 aliphatic rings. The van der Waals surface area contributed by atoms with Crippen molar-refractivity contribution in [3.8, 4) is 11.1 Å². The highest BCUT2D eigenvalue weighted by atomic mass is 32.1. The van der Waals surface area contributed by atoms with E-state index in [1.807, 2.05) is 34.0 Å². The summed E-state index contributed by atoms with van der Waals surface area (Å²) in [5, 5.41) is 19.8. The Hall–Kier alpha value is -4.92. The third-order valence-corrected chi connectivity index (χ3v) is 14.1. The van der Waals surface area contributed by atoms with Gasteiger partial charge in [0.1, 0.15) is 0 Å². The summed E-state index contributed by atoms with van der Waals surface area (Å²) in [5.74, 6) is 0. The van der Waals surface area contributed by atoms with E-state index in [0.717, 1.165) is 0 Å². The minimum absolute atomic E-state index is 0.0388. The largest absolute Gasteiger partial charge is 0.279 e. The Morgan fingerprint density at radius 1 is 0.333 bits per heavy atom. The van der Waals surface area contributed by atoms with E-state index < -0.39 is 0 Å². The first-order valence-corrected chi connectivity index (χ1v) is 19.8. The second-order valence-corrected chi connectivity index (χ2v) is 16.5. The topological polar surface area (TPSA) is 36.1 Å². The molecule has 0 bridgehead atoms. The van der Waals surface area contributed by atoms with Crippen LogP contribution in [0.4, 0.5) is 0 Å². The van der Waals surface area contributed by atoms with Crippen molar-refractivity contribution in [2.75, 3.05) is 0 Å². The van der Waals surface area contributed by atoms with Gasteiger partial charge in [-0.2, -0.15) is 0 Å². The third-order valence-electron chi connectivity index (χ3n) is 10.4. The van der Waals surface area contributed by atoms with E-state index in [1.54, 1.807) is 0 Å². The Bertz CT molecular complexity index is 2940. The summed E-state index contributed by atoms with van der Waals surface area (Å²) < 4.78 is 8.00. The quantitative estimate of drug-likeness (QED) is 0.170. The molecule has 11 rings (SSSR count). The van der Waals surface area contributed by atoms with Crippen LogP contribution in [0.1, 0.15) is 35.2 Å². The van der Waals surface area contributed by atoms with E-state index in [-0.39, 0.29) is 18.5 Å². The van der Waals surface area contributed by atoms with Crippen LogP contribution in [0.5, 0.6) is 0 Å². The molecule has 10 aromatic rings. The molecular weight excluding hydrogens is 679 g/mol. The summed E-state index contributed by atoms with van der Waals surface area (Å²) in [6, 6.07) is 55.7. The zero-order chi connectivity index (χ0) is 33.5. The standard InChI is InChI=1S/C45H31N3S3/c1-2-11-26(12-3-1)43-46-44(27-23-24-39-36(25-27)29-14-5-6-21-37(29)49-39)48-45(47-43)35-20-10-19-34-33-18-9-17-32(41(33)51-42(34)35)31-16-8-15-30-28-13-4-7-22-38(28)50-40(30)31/h1-25,43-48H. The van der Waals surface area contributed by atoms with Gasteiger partial charge in [0.05, 0.1) is 18.5 Å². The molecule has 1 aliphatic heterocycles. The minimum Gasteiger partial charge on any atom is -0.279 e. The normalized spacial score (nSPS) is 18.2. The van der Waals surface area contributed by atoms with E-state index in [1.165, 1.54) is 88.3 Å².